The third kappa shape index (κ3) is 3.89. The van der Waals surface area contributed by atoms with E-state index in [1.54, 1.807) is 0 Å². The Morgan fingerprint density at radius 2 is 2.00 bits per heavy atom. The summed E-state index contributed by atoms with van der Waals surface area (Å²) < 4.78 is 6.62. The van der Waals surface area contributed by atoms with Crippen LogP contribution in [0, 0.1) is 13.8 Å². The van der Waals surface area contributed by atoms with Gasteiger partial charge in [0, 0.05) is 22.7 Å². The summed E-state index contributed by atoms with van der Waals surface area (Å²) in [4.78, 5) is 29.5. The minimum atomic E-state index is -0.328. The van der Waals surface area contributed by atoms with Crippen LogP contribution in [0.4, 0.5) is 5.69 Å². The first-order valence-electron chi connectivity index (χ1n) is 9.47. The van der Waals surface area contributed by atoms with Gasteiger partial charge in [0.1, 0.15) is 6.54 Å². The molecule has 1 aliphatic rings. The minimum absolute atomic E-state index is 0.110. The first-order chi connectivity index (χ1) is 14.5. The van der Waals surface area contributed by atoms with Crippen LogP contribution in [0.2, 0.25) is 0 Å². The molecular weight excluding hydrogens is 398 g/mol. The van der Waals surface area contributed by atoms with Gasteiger partial charge in [-0.05, 0) is 54.9 Å². The molecule has 1 N–H and O–H groups in total. The number of para-hydroxylation sites is 1. The van der Waals surface area contributed by atoms with Gasteiger partial charge in [-0.2, -0.15) is 0 Å². The van der Waals surface area contributed by atoms with Crippen LogP contribution in [-0.2, 0) is 20.9 Å². The zero-order valence-corrected chi connectivity index (χ0v) is 17.7. The molecule has 6 nitrogen and oxygen atoms in total. The summed E-state index contributed by atoms with van der Waals surface area (Å²) in [6.45, 7) is 4.16. The molecule has 1 aliphatic heterocycles. The normalized spacial score (nSPS) is 16.4. The molecule has 0 spiro atoms. The number of thioether (sulfide) groups is 1. The molecule has 7 heteroatoms. The number of amides is 1. The second-order valence-corrected chi connectivity index (χ2v) is 8.04. The van der Waals surface area contributed by atoms with Crippen LogP contribution in [0.15, 0.2) is 58.6 Å². The average molecular weight is 420 g/mol. The highest BCUT2D eigenvalue weighted by molar-refractivity contribution is 8.18. The Kier molecular flexibility index (Phi) is 5.46. The number of fused-ring (bicyclic) bond motifs is 1. The van der Waals surface area contributed by atoms with Gasteiger partial charge < -0.3 is 14.6 Å². The standard InChI is InChI=1S/C23H21N3O3S/c1-14-7-6-9-18(15(14)2)24-23-25-22(28)20(30-23)11-16-12-26(13-21(27)29-3)19-10-5-4-8-17(16)19/h4-12H,13H2,1-3H3,(H,24,25,28)/b20-11-. The molecular formula is C23H21N3O3S. The van der Waals surface area contributed by atoms with Gasteiger partial charge in [0.15, 0.2) is 5.17 Å². The molecule has 0 unspecified atom stereocenters. The average Bonchev–Trinajstić information content (AvgIpc) is 3.26. The molecule has 3 aromatic rings. The first-order valence-corrected chi connectivity index (χ1v) is 10.3. The van der Waals surface area contributed by atoms with Crippen molar-refractivity contribution in [2.75, 3.05) is 7.11 Å². The van der Waals surface area contributed by atoms with Gasteiger partial charge in [-0.3, -0.25) is 9.59 Å². The molecule has 0 bridgehead atoms. The number of nitrogens with zero attached hydrogens (tertiary/aromatic N) is 2. The smallest absolute Gasteiger partial charge is 0.325 e. The number of esters is 1. The molecule has 1 saturated heterocycles. The van der Waals surface area contributed by atoms with Crippen LogP contribution in [0.1, 0.15) is 16.7 Å². The number of amidine groups is 1. The van der Waals surface area contributed by atoms with Crippen molar-refractivity contribution >= 4 is 51.5 Å². The highest BCUT2D eigenvalue weighted by Crippen LogP contribution is 2.32. The van der Waals surface area contributed by atoms with Gasteiger partial charge in [-0.1, -0.05) is 30.3 Å². The van der Waals surface area contributed by atoms with Crippen molar-refractivity contribution in [2.24, 2.45) is 4.99 Å². The monoisotopic (exact) mass is 419 g/mol. The summed E-state index contributed by atoms with van der Waals surface area (Å²) in [6.07, 6.45) is 3.70. The van der Waals surface area contributed by atoms with Crippen LogP contribution < -0.4 is 5.32 Å². The van der Waals surface area contributed by atoms with E-state index in [1.807, 2.05) is 73.2 Å². The van der Waals surface area contributed by atoms with Gasteiger partial charge in [0.25, 0.3) is 5.91 Å². The highest BCUT2D eigenvalue weighted by atomic mass is 32.2. The second-order valence-electron chi connectivity index (χ2n) is 7.01. The number of hydrogen-bond acceptors (Lipinski definition) is 5. The topological polar surface area (TPSA) is 72.7 Å². The largest absolute Gasteiger partial charge is 0.468 e. The van der Waals surface area contributed by atoms with E-state index in [2.05, 4.69) is 10.3 Å². The maximum Gasteiger partial charge on any atom is 0.325 e. The van der Waals surface area contributed by atoms with E-state index in [0.29, 0.717) is 10.1 Å². The van der Waals surface area contributed by atoms with Crippen LogP contribution in [0.25, 0.3) is 17.0 Å². The first kappa shape index (κ1) is 20.0. The van der Waals surface area contributed by atoms with Gasteiger partial charge in [-0.25, -0.2) is 4.99 Å². The van der Waals surface area contributed by atoms with E-state index in [4.69, 9.17) is 4.74 Å². The molecule has 0 saturated carbocycles. The Morgan fingerprint density at radius 1 is 1.20 bits per heavy atom. The third-order valence-electron chi connectivity index (χ3n) is 5.08. The van der Waals surface area contributed by atoms with Gasteiger partial charge in [0.2, 0.25) is 0 Å². The van der Waals surface area contributed by atoms with Crippen molar-refractivity contribution in [3.8, 4) is 0 Å². The summed E-state index contributed by atoms with van der Waals surface area (Å²) in [7, 11) is 1.37. The maximum absolute atomic E-state index is 12.5. The summed E-state index contributed by atoms with van der Waals surface area (Å²) in [6, 6.07) is 13.7. The van der Waals surface area contributed by atoms with E-state index in [9.17, 15) is 9.59 Å². The number of benzene rings is 2. The number of aryl methyl sites for hydroxylation is 1. The number of aromatic nitrogens is 1. The predicted molar refractivity (Wildman–Crippen MR) is 121 cm³/mol. The van der Waals surface area contributed by atoms with Crippen molar-refractivity contribution in [3.63, 3.8) is 0 Å². The number of carbonyl (C=O) groups is 2. The van der Waals surface area contributed by atoms with Gasteiger partial charge >= 0.3 is 5.97 Å². The minimum Gasteiger partial charge on any atom is -0.468 e. The van der Waals surface area contributed by atoms with Crippen molar-refractivity contribution < 1.29 is 14.3 Å². The fourth-order valence-corrected chi connectivity index (χ4v) is 4.14. The van der Waals surface area contributed by atoms with Crippen molar-refractivity contribution in [3.05, 3.63) is 70.3 Å². The van der Waals surface area contributed by atoms with E-state index in [1.165, 1.54) is 18.9 Å². The molecule has 4 rings (SSSR count). The molecule has 1 aromatic heterocycles. The Hall–Kier alpha value is -3.32. The number of carbonyl (C=O) groups excluding carboxylic acids is 2. The van der Waals surface area contributed by atoms with Crippen LogP contribution >= 0.6 is 11.8 Å². The Morgan fingerprint density at radius 3 is 2.80 bits per heavy atom. The van der Waals surface area contributed by atoms with Crippen molar-refractivity contribution in [2.45, 2.75) is 20.4 Å². The molecule has 0 atom stereocenters. The van der Waals surface area contributed by atoms with Crippen molar-refractivity contribution in [1.82, 2.24) is 9.88 Å². The Bertz CT molecular complexity index is 1220. The molecule has 2 aromatic carbocycles. The molecule has 1 amide bonds. The summed E-state index contributed by atoms with van der Waals surface area (Å²) in [5.41, 5.74) is 4.85. The maximum atomic E-state index is 12.5. The van der Waals surface area contributed by atoms with E-state index in [0.717, 1.165) is 33.3 Å². The number of methoxy groups -OCH3 is 1. The quantitative estimate of drug-likeness (QED) is 0.505. The summed E-state index contributed by atoms with van der Waals surface area (Å²) in [5.74, 6) is -0.514. The lowest BCUT2D eigenvalue weighted by molar-refractivity contribution is -0.141. The zero-order chi connectivity index (χ0) is 21.3. The number of ether oxygens (including phenoxy) is 1. The second kappa shape index (κ2) is 8.20. The molecule has 1 fully saturated rings. The molecule has 0 aliphatic carbocycles. The van der Waals surface area contributed by atoms with Crippen LogP contribution in [-0.4, -0.2) is 28.7 Å². The van der Waals surface area contributed by atoms with Crippen molar-refractivity contribution in [1.29, 1.82) is 0 Å². The lowest BCUT2D eigenvalue weighted by Crippen LogP contribution is -2.19. The van der Waals surface area contributed by atoms with Crippen LogP contribution in [0.3, 0.4) is 0 Å². The number of aliphatic imine (C=N–C) groups is 1. The number of hydrogen-bond donors (Lipinski definition) is 1. The zero-order valence-electron chi connectivity index (χ0n) is 16.9. The lowest BCUT2D eigenvalue weighted by Gasteiger charge is -2.04. The number of nitrogens with one attached hydrogen (secondary N) is 1. The van der Waals surface area contributed by atoms with E-state index >= 15 is 0 Å². The molecule has 30 heavy (non-hydrogen) atoms. The predicted octanol–water partition coefficient (Wildman–Crippen LogP) is 4.32. The SMILES string of the molecule is COC(=O)Cn1cc(/C=C2\SC(=Nc3cccc(C)c3C)NC2=O)c2ccccc21. The summed E-state index contributed by atoms with van der Waals surface area (Å²) >= 11 is 1.31. The molecule has 2 heterocycles. The van der Waals surface area contributed by atoms with Gasteiger partial charge in [-0.15, -0.1) is 0 Å². The third-order valence-corrected chi connectivity index (χ3v) is 5.99. The number of rotatable bonds is 4. The van der Waals surface area contributed by atoms with Gasteiger partial charge in [0.05, 0.1) is 17.7 Å². The summed E-state index contributed by atoms with van der Waals surface area (Å²) in [5, 5.41) is 4.35. The fourth-order valence-electron chi connectivity index (χ4n) is 3.31. The van der Waals surface area contributed by atoms with E-state index in [-0.39, 0.29) is 18.4 Å². The van der Waals surface area contributed by atoms with Crippen LogP contribution in [0.5, 0.6) is 0 Å². The molecule has 0 radical (unpaired) electrons. The lowest BCUT2D eigenvalue weighted by atomic mass is 10.1. The van der Waals surface area contributed by atoms with E-state index < -0.39 is 0 Å². The Balaban J connectivity index is 1.68. The fraction of sp³-hybridized carbons (Fsp3) is 0.174. The Labute approximate surface area is 178 Å². The highest BCUT2D eigenvalue weighted by Gasteiger charge is 2.24. The molecule has 152 valence electrons.